The second kappa shape index (κ2) is 21.9. The van der Waals surface area contributed by atoms with Crippen molar-refractivity contribution in [2.24, 2.45) is 0 Å². The number of benzene rings is 12. The summed E-state index contributed by atoms with van der Waals surface area (Å²) in [7, 11) is 0. The molecule has 12 aromatic rings. The van der Waals surface area contributed by atoms with Crippen LogP contribution in [-0.4, -0.2) is 0 Å². The molecule has 362 valence electrons. The molecule has 0 amide bonds. The molecule has 0 aliphatic rings. The van der Waals surface area contributed by atoms with Gasteiger partial charge in [-0.2, -0.15) is 0 Å². The minimum Gasteiger partial charge on any atom is -0.311 e. The van der Waals surface area contributed by atoms with Gasteiger partial charge >= 0.3 is 0 Å². The Balaban J connectivity index is 0.813. The third-order valence-electron chi connectivity index (χ3n) is 13.8. The minimum absolute atomic E-state index is 1.07. The summed E-state index contributed by atoms with van der Waals surface area (Å²) >= 11 is 0. The molecular weight excluding hydrogens is 921 g/mol. The summed E-state index contributed by atoms with van der Waals surface area (Å²) in [6, 6.07) is 117. The number of nitrogens with zero attached hydrogens (tertiary/aromatic N) is 4. The van der Waals surface area contributed by atoms with Gasteiger partial charge < -0.3 is 19.6 Å². The van der Waals surface area contributed by atoms with E-state index in [-0.39, 0.29) is 0 Å². The topological polar surface area (TPSA) is 13.0 Å². The summed E-state index contributed by atoms with van der Waals surface area (Å²) in [5.41, 5.74) is 20.1. The average Bonchev–Trinajstić information content (AvgIpc) is 3.52. The normalized spacial score (nSPS) is 10.9. The van der Waals surface area contributed by atoms with Crippen LogP contribution in [0.25, 0.3) is 33.4 Å². The number of hydrogen-bond acceptors (Lipinski definition) is 4. The molecule has 76 heavy (non-hydrogen) atoms. The lowest BCUT2D eigenvalue weighted by Crippen LogP contribution is -2.12. The van der Waals surface area contributed by atoms with Crippen LogP contribution in [0.15, 0.2) is 328 Å². The van der Waals surface area contributed by atoms with E-state index in [9.17, 15) is 0 Å². The third-order valence-corrected chi connectivity index (χ3v) is 13.8. The highest BCUT2D eigenvalue weighted by Crippen LogP contribution is 2.43. The Labute approximate surface area is 446 Å². The fourth-order valence-corrected chi connectivity index (χ4v) is 10.1. The fourth-order valence-electron chi connectivity index (χ4n) is 10.1. The van der Waals surface area contributed by atoms with Crippen LogP contribution in [0.2, 0.25) is 0 Å². The Hall–Kier alpha value is -10.2. The first-order valence-electron chi connectivity index (χ1n) is 25.8. The van der Waals surface area contributed by atoms with E-state index in [1.54, 1.807) is 0 Å². The molecule has 0 aliphatic carbocycles. The van der Waals surface area contributed by atoms with Gasteiger partial charge in [0, 0.05) is 68.2 Å². The van der Waals surface area contributed by atoms with E-state index in [2.05, 4.69) is 347 Å². The van der Waals surface area contributed by atoms with Crippen LogP contribution >= 0.6 is 0 Å². The van der Waals surface area contributed by atoms with Crippen LogP contribution in [0.3, 0.4) is 0 Å². The van der Waals surface area contributed by atoms with Gasteiger partial charge in [0.2, 0.25) is 0 Å². The van der Waals surface area contributed by atoms with Gasteiger partial charge in [-0.25, -0.2) is 0 Å². The van der Waals surface area contributed by atoms with Gasteiger partial charge in [-0.1, -0.05) is 182 Å². The summed E-state index contributed by atoms with van der Waals surface area (Å²) in [4.78, 5) is 9.27. The molecule has 0 unspecified atom stereocenters. The largest absolute Gasteiger partial charge is 0.311 e. The monoisotopic (exact) mass is 974 g/mol. The van der Waals surface area contributed by atoms with Crippen molar-refractivity contribution in [2.75, 3.05) is 19.6 Å². The molecule has 0 N–H and O–H groups in total. The van der Waals surface area contributed by atoms with Crippen molar-refractivity contribution < 1.29 is 0 Å². The lowest BCUT2D eigenvalue weighted by Gasteiger charge is -2.28. The summed E-state index contributed by atoms with van der Waals surface area (Å²) < 4.78 is 0. The lowest BCUT2D eigenvalue weighted by molar-refractivity contribution is 1.25. The van der Waals surface area contributed by atoms with Crippen LogP contribution in [-0.2, 0) is 0 Å². The zero-order valence-electron chi connectivity index (χ0n) is 42.0. The first-order valence-corrected chi connectivity index (χ1v) is 25.8. The van der Waals surface area contributed by atoms with E-state index < -0.39 is 0 Å². The maximum atomic E-state index is 2.32. The summed E-state index contributed by atoms with van der Waals surface area (Å²) in [6.45, 7) is 0. The van der Waals surface area contributed by atoms with E-state index >= 15 is 0 Å². The molecule has 0 aromatic heterocycles. The Morgan fingerprint density at radius 3 is 0.395 bits per heavy atom. The van der Waals surface area contributed by atoms with Gasteiger partial charge in [-0.05, 0) is 179 Å². The zero-order chi connectivity index (χ0) is 50.9. The predicted octanol–water partition coefficient (Wildman–Crippen LogP) is 20.6. The maximum Gasteiger partial charge on any atom is 0.0463 e. The average molecular weight is 975 g/mol. The van der Waals surface area contributed by atoms with Crippen LogP contribution in [0.4, 0.5) is 68.2 Å². The van der Waals surface area contributed by atoms with Gasteiger partial charge in [-0.3, -0.25) is 0 Å². The highest BCUT2D eigenvalue weighted by molar-refractivity contribution is 5.85. The van der Waals surface area contributed by atoms with Gasteiger partial charge in [0.05, 0.1) is 0 Å². The molecule has 0 aliphatic heterocycles. The first kappa shape index (κ1) is 46.9. The molecule has 0 saturated carbocycles. The van der Waals surface area contributed by atoms with Crippen LogP contribution in [0.5, 0.6) is 0 Å². The summed E-state index contributed by atoms with van der Waals surface area (Å²) in [5.74, 6) is 0. The predicted molar refractivity (Wildman–Crippen MR) is 321 cm³/mol. The number of hydrogen-bond donors (Lipinski definition) is 0. The molecule has 0 bridgehead atoms. The van der Waals surface area contributed by atoms with Crippen LogP contribution in [0.1, 0.15) is 0 Å². The van der Waals surface area contributed by atoms with Crippen molar-refractivity contribution in [1.82, 2.24) is 0 Å². The van der Waals surface area contributed by atoms with E-state index in [1.165, 1.54) is 22.3 Å². The Kier molecular flexibility index (Phi) is 13.5. The Bertz CT molecular complexity index is 3470. The SMILES string of the molecule is c1ccc(-c2ccc(N(c3ccccc3)c3ccc(N(c4ccccc4)c4ccc(-c5ccc(N(c6ccccc6)c6ccc(N(c7ccccc7)c7ccc(-c8ccccc8)cc7)cc6)cc5)cc4)cc3)cc2)cc1. The molecule has 12 rings (SSSR count). The second-order valence-electron chi connectivity index (χ2n) is 18.6. The van der Waals surface area contributed by atoms with Crippen LogP contribution in [0, 0.1) is 0 Å². The molecule has 0 fully saturated rings. The van der Waals surface area contributed by atoms with Gasteiger partial charge in [0.15, 0.2) is 0 Å². The van der Waals surface area contributed by atoms with Crippen molar-refractivity contribution in [3.63, 3.8) is 0 Å². The zero-order valence-corrected chi connectivity index (χ0v) is 42.0. The lowest BCUT2D eigenvalue weighted by atomic mass is 10.0. The van der Waals surface area contributed by atoms with E-state index in [0.29, 0.717) is 0 Å². The maximum absolute atomic E-state index is 2.32. The Morgan fingerprint density at radius 2 is 0.224 bits per heavy atom. The number of para-hydroxylation sites is 4. The standard InChI is InChI=1S/C72H54N4/c1-7-19-55(20-8-1)57-31-39-65(40-32-57)73(61-23-11-3-12-24-61)69-47-51-71(52-48-69)75(63-27-15-5-16-28-63)67-43-35-59(36-44-67)60-37-45-68(46-38-60)76(64-29-17-6-18-30-64)72-53-49-70(50-54-72)74(62-25-13-4-14-26-62)66-41-33-58(34-42-66)56-21-9-2-10-22-56/h1-54H. The number of anilines is 12. The molecule has 0 heterocycles. The van der Waals surface area contributed by atoms with Gasteiger partial charge in [-0.15, -0.1) is 0 Å². The molecule has 0 atom stereocenters. The fraction of sp³-hybridized carbons (Fsp3) is 0. The molecule has 0 saturated heterocycles. The van der Waals surface area contributed by atoms with Crippen molar-refractivity contribution in [2.45, 2.75) is 0 Å². The highest BCUT2D eigenvalue weighted by atomic mass is 15.2. The van der Waals surface area contributed by atoms with Crippen molar-refractivity contribution in [3.8, 4) is 33.4 Å². The first-order chi connectivity index (χ1) is 37.7. The van der Waals surface area contributed by atoms with E-state index in [0.717, 1.165) is 79.4 Å². The van der Waals surface area contributed by atoms with E-state index in [4.69, 9.17) is 0 Å². The summed E-state index contributed by atoms with van der Waals surface area (Å²) in [6.07, 6.45) is 0. The van der Waals surface area contributed by atoms with Crippen LogP contribution < -0.4 is 19.6 Å². The molecule has 0 spiro atoms. The van der Waals surface area contributed by atoms with Crippen molar-refractivity contribution in [3.05, 3.63) is 328 Å². The smallest absolute Gasteiger partial charge is 0.0463 e. The molecule has 4 heteroatoms. The highest BCUT2D eigenvalue weighted by Gasteiger charge is 2.19. The van der Waals surface area contributed by atoms with Gasteiger partial charge in [0.25, 0.3) is 0 Å². The molecule has 12 aromatic carbocycles. The number of rotatable bonds is 15. The van der Waals surface area contributed by atoms with E-state index in [1.807, 2.05) is 0 Å². The minimum atomic E-state index is 1.07. The molecule has 4 nitrogen and oxygen atoms in total. The second-order valence-corrected chi connectivity index (χ2v) is 18.6. The third kappa shape index (κ3) is 10.1. The molecule has 0 radical (unpaired) electrons. The summed E-state index contributed by atoms with van der Waals surface area (Å²) in [5, 5.41) is 0. The van der Waals surface area contributed by atoms with Crippen molar-refractivity contribution >= 4 is 68.2 Å². The Morgan fingerprint density at radius 1 is 0.105 bits per heavy atom. The van der Waals surface area contributed by atoms with Gasteiger partial charge in [0.1, 0.15) is 0 Å². The molecular formula is C72H54N4. The van der Waals surface area contributed by atoms with Crippen molar-refractivity contribution in [1.29, 1.82) is 0 Å². The quantitative estimate of drug-likeness (QED) is 0.101.